The van der Waals surface area contributed by atoms with Gasteiger partial charge in [-0.25, -0.2) is 4.68 Å². The maximum Gasteiger partial charge on any atom is 0.270 e. The molecule has 6 heteroatoms. The van der Waals surface area contributed by atoms with E-state index in [-0.39, 0.29) is 5.69 Å². The molecule has 1 aromatic carbocycles. The van der Waals surface area contributed by atoms with Gasteiger partial charge in [0.2, 0.25) is 0 Å². The van der Waals surface area contributed by atoms with Crippen molar-refractivity contribution >= 4 is 11.6 Å². The van der Waals surface area contributed by atoms with Crippen molar-refractivity contribution in [1.82, 2.24) is 15.0 Å². The number of nitrogens with zero attached hydrogens (tertiary/aromatic N) is 3. The van der Waals surface area contributed by atoms with E-state index >= 15 is 0 Å². The number of rotatable bonds is 2. The Morgan fingerprint density at radius 2 is 2.19 bits per heavy atom. The molecule has 0 radical (unpaired) electrons. The first-order valence-corrected chi connectivity index (χ1v) is 4.66. The first-order valence-electron chi connectivity index (χ1n) is 4.66. The predicted octanol–water partition coefficient (Wildman–Crippen LogP) is 0.257. The Bertz CT molecular complexity index is 546. The van der Waals surface area contributed by atoms with Crippen LogP contribution < -0.4 is 11.5 Å². The molecule has 0 fully saturated rings. The molecule has 0 aliphatic carbocycles. The average Bonchev–Trinajstić information content (AvgIpc) is 2.70. The standard InChI is InChI=1S/C10H11N5O/c1-6-2-3-7(11)4-9(6)15-5-8(10(12)16)13-14-15/h2-5H,11H2,1H3,(H2,12,16). The Kier molecular flexibility index (Phi) is 2.32. The van der Waals surface area contributed by atoms with Gasteiger partial charge in [-0.15, -0.1) is 5.10 Å². The van der Waals surface area contributed by atoms with Crippen LogP contribution in [0.4, 0.5) is 5.69 Å². The van der Waals surface area contributed by atoms with Crippen LogP contribution in [0, 0.1) is 6.92 Å². The molecule has 0 aliphatic heterocycles. The van der Waals surface area contributed by atoms with E-state index in [4.69, 9.17) is 11.5 Å². The number of hydrogen-bond donors (Lipinski definition) is 2. The Morgan fingerprint density at radius 3 is 2.81 bits per heavy atom. The lowest BCUT2D eigenvalue weighted by atomic mass is 10.2. The molecule has 1 heterocycles. The molecule has 1 amide bonds. The molecule has 6 nitrogen and oxygen atoms in total. The molecule has 0 unspecified atom stereocenters. The molecule has 82 valence electrons. The monoisotopic (exact) mass is 217 g/mol. The topological polar surface area (TPSA) is 99.8 Å². The van der Waals surface area contributed by atoms with Gasteiger partial charge in [0.05, 0.1) is 11.9 Å². The van der Waals surface area contributed by atoms with Crippen molar-refractivity contribution in [3.8, 4) is 5.69 Å². The molecule has 0 spiro atoms. The molecule has 1 aromatic heterocycles. The number of aryl methyl sites for hydroxylation is 1. The number of primary amides is 1. The molecule has 0 aliphatic rings. The lowest BCUT2D eigenvalue weighted by Gasteiger charge is -2.05. The van der Waals surface area contributed by atoms with Gasteiger partial charge >= 0.3 is 0 Å². The SMILES string of the molecule is Cc1ccc(N)cc1-n1cc(C(N)=O)nn1. The number of benzene rings is 1. The van der Waals surface area contributed by atoms with E-state index in [0.29, 0.717) is 5.69 Å². The molecule has 2 aromatic rings. The largest absolute Gasteiger partial charge is 0.399 e. The van der Waals surface area contributed by atoms with E-state index in [1.807, 2.05) is 13.0 Å². The molecule has 0 bridgehead atoms. The predicted molar refractivity (Wildman–Crippen MR) is 59.0 cm³/mol. The summed E-state index contributed by atoms with van der Waals surface area (Å²) in [5, 5.41) is 7.48. The van der Waals surface area contributed by atoms with Gasteiger partial charge in [-0.05, 0) is 24.6 Å². The third-order valence-electron chi connectivity index (χ3n) is 2.23. The molecule has 0 saturated carbocycles. The molecular weight excluding hydrogens is 206 g/mol. The Morgan fingerprint density at radius 1 is 1.44 bits per heavy atom. The molecule has 4 N–H and O–H groups in total. The summed E-state index contributed by atoms with van der Waals surface area (Å²) in [6.45, 7) is 1.92. The van der Waals surface area contributed by atoms with Crippen LogP contribution in [0.1, 0.15) is 16.1 Å². The summed E-state index contributed by atoms with van der Waals surface area (Å²) in [7, 11) is 0. The van der Waals surface area contributed by atoms with Crippen molar-refractivity contribution in [2.45, 2.75) is 6.92 Å². The minimum absolute atomic E-state index is 0.127. The zero-order valence-electron chi connectivity index (χ0n) is 8.71. The van der Waals surface area contributed by atoms with Gasteiger partial charge in [-0.1, -0.05) is 11.3 Å². The fourth-order valence-electron chi connectivity index (χ4n) is 1.37. The van der Waals surface area contributed by atoms with Crippen LogP contribution in [0.15, 0.2) is 24.4 Å². The number of hydrogen-bond acceptors (Lipinski definition) is 4. The third-order valence-corrected chi connectivity index (χ3v) is 2.23. The van der Waals surface area contributed by atoms with Gasteiger partial charge in [0.15, 0.2) is 5.69 Å². The zero-order valence-corrected chi connectivity index (χ0v) is 8.71. The summed E-state index contributed by atoms with van der Waals surface area (Å²) in [5.41, 5.74) is 13.3. The second kappa shape index (κ2) is 3.65. The Balaban J connectivity index is 2.50. The van der Waals surface area contributed by atoms with Crippen molar-refractivity contribution in [1.29, 1.82) is 0 Å². The highest BCUT2D eigenvalue weighted by Gasteiger charge is 2.09. The van der Waals surface area contributed by atoms with E-state index in [0.717, 1.165) is 11.3 Å². The van der Waals surface area contributed by atoms with Crippen LogP contribution in [0.5, 0.6) is 0 Å². The normalized spacial score (nSPS) is 10.3. The Labute approximate surface area is 91.9 Å². The summed E-state index contributed by atoms with van der Waals surface area (Å²) in [6.07, 6.45) is 1.48. The molecule has 16 heavy (non-hydrogen) atoms. The number of aromatic nitrogens is 3. The smallest absolute Gasteiger partial charge is 0.270 e. The van der Waals surface area contributed by atoms with Gasteiger partial charge < -0.3 is 11.5 Å². The maximum absolute atomic E-state index is 10.9. The molecular formula is C10H11N5O. The highest BCUT2D eigenvalue weighted by Crippen LogP contribution is 2.16. The minimum Gasteiger partial charge on any atom is -0.399 e. The van der Waals surface area contributed by atoms with Gasteiger partial charge in [-0.2, -0.15) is 0 Å². The van der Waals surface area contributed by atoms with Gasteiger partial charge in [0, 0.05) is 5.69 Å². The van der Waals surface area contributed by atoms with Gasteiger partial charge in [-0.3, -0.25) is 4.79 Å². The Hall–Kier alpha value is -2.37. The summed E-state index contributed by atoms with van der Waals surface area (Å²) in [4.78, 5) is 10.9. The van der Waals surface area contributed by atoms with E-state index in [1.165, 1.54) is 10.9 Å². The first kappa shape index (κ1) is 10.2. The molecule has 0 saturated heterocycles. The second-order valence-corrected chi connectivity index (χ2v) is 3.46. The molecule has 2 rings (SSSR count). The summed E-state index contributed by atoms with van der Waals surface area (Å²) >= 11 is 0. The number of anilines is 1. The van der Waals surface area contributed by atoms with Crippen LogP contribution in [0.3, 0.4) is 0 Å². The van der Waals surface area contributed by atoms with Gasteiger partial charge in [0.25, 0.3) is 5.91 Å². The van der Waals surface area contributed by atoms with Crippen molar-refractivity contribution in [2.24, 2.45) is 5.73 Å². The van der Waals surface area contributed by atoms with E-state index in [1.54, 1.807) is 12.1 Å². The van der Waals surface area contributed by atoms with E-state index in [2.05, 4.69) is 10.3 Å². The van der Waals surface area contributed by atoms with Gasteiger partial charge in [0.1, 0.15) is 0 Å². The van der Waals surface area contributed by atoms with Crippen molar-refractivity contribution in [3.63, 3.8) is 0 Å². The number of nitrogen functional groups attached to an aromatic ring is 1. The minimum atomic E-state index is -0.604. The van der Waals surface area contributed by atoms with E-state index in [9.17, 15) is 4.79 Å². The quantitative estimate of drug-likeness (QED) is 0.704. The van der Waals surface area contributed by atoms with Crippen LogP contribution in [-0.4, -0.2) is 20.9 Å². The number of carbonyl (C=O) groups excluding carboxylic acids is 1. The number of carbonyl (C=O) groups is 1. The summed E-state index contributed by atoms with van der Waals surface area (Å²) < 4.78 is 1.48. The van der Waals surface area contributed by atoms with Crippen LogP contribution >= 0.6 is 0 Å². The lowest BCUT2D eigenvalue weighted by Crippen LogP contribution is -2.11. The fourth-order valence-corrected chi connectivity index (χ4v) is 1.37. The van der Waals surface area contributed by atoms with Crippen LogP contribution in [-0.2, 0) is 0 Å². The highest BCUT2D eigenvalue weighted by molar-refractivity contribution is 5.90. The first-order chi connectivity index (χ1) is 7.58. The maximum atomic E-state index is 10.9. The number of nitrogens with two attached hydrogens (primary N) is 2. The summed E-state index contributed by atoms with van der Waals surface area (Å²) in [5.74, 6) is -0.604. The lowest BCUT2D eigenvalue weighted by molar-refractivity contribution is 0.0995. The average molecular weight is 217 g/mol. The summed E-state index contributed by atoms with van der Waals surface area (Å²) in [6, 6.07) is 5.43. The zero-order chi connectivity index (χ0) is 11.7. The highest BCUT2D eigenvalue weighted by atomic mass is 16.1. The number of amides is 1. The van der Waals surface area contributed by atoms with Crippen molar-refractivity contribution in [3.05, 3.63) is 35.7 Å². The fraction of sp³-hybridized carbons (Fsp3) is 0.100. The third kappa shape index (κ3) is 1.72. The van der Waals surface area contributed by atoms with Crippen molar-refractivity contribution < 1.29 is 4.79 Å². The molecule has 0 atom stereocenters. The van der Waals surface area contributed by atoms with Crippen LogP contribution in [0.2, 0.25) is 0 Å². The van der Waals surface area contributed by atoms with Crippen molar-refractivity contribution in [2.75, 3.05) is 5.73 Å². The second-order valence-electron chi connectivity index (χ2n) is 3.46. The van der Waals surface area contributed by atoms with Crippen LogP contribution in [0.25, 0.3) is 5.69 Å². The van der Waals surface area contributed by atoms with E-state index < -0.39 is 5.91 Å².